The summed E-state index contributed by atoms with van der Waals surface area (Å²) in [7, 11) is 0. The lowest BCUT2D eigenvalue weighted by atomic mass is 10.1. The Morgan fingerprint density at radius 1 is 1.06 bits per heavy atom. The molecule has 1 amide bonds. The Balaban J connectivity index is 1.36. The van der Waals surface area contributed by atoms with Gasteiger partial charge in [-0.2, -0.15) is 0 Å². The van der Waals surface area contributed by atoms with Crippen LogP contribution >= 0.6 is 34.8 Å². The lowest BCUT2D eigenvalue weighted by molar-refractivity contribution is 0.0616. The van der Waals surface area contributed by atoms with Crippen molar-refractivity contribution in [2.24, 2.45) is 0 Å². The molecule has 1 saturated heterocycles. The maximum atomic E-state index is 13.1. The van der Waals surface area contributed by atoms with Crippen LogP contribution in [0, 0.1) is 6.92 Å². The number of rotatable bonds is 6. The average molecular weight is 495 g/mol. The van der Waals surface area contributed by atoms with Crippen molar-refractivity contribution in [3.63, 3.8) is 0 Å². The van der Waals surface area contributed by atoms with Crippen molar-refractivity contribution in [3.8, 4) is 5.75 Å². The van der Waals surface area contributed by atoms with Gasteiger partial charge in [-0.25, -0.2) is 0 Å². The molecular weight excluding hydrogens is 473 g/mol. The maximum absolute atomic E-state index is 13.1. The molecule has 0 unspecified atom stereocenters. The number of benzene rings is 2. The third kappa shape index (κ3) is 5.38. The molecule has 2 aromatic carbocycles. The molecule has 168 valence electrons. The summed E-state index contributed by atoms with van der Waals surface area (Å²) in [5.74, 6) is 1.03. The van der Waals surface area contributed by atoms with E-state index in [-0.39, 0.29) is 12.5 Å². The Morgan fingerprint density at radius 3 is 2.56 bits per heavy atom. The van der Waals surface area contributed by atoms with E-state index in [2.05, 4.69) is 10.1 Å². The number of piperazine rings is 1. The van der Waals surface area contributed by atoms with E-state index in [1.165, 1.54) is 0 Å². The molecule has 0 bridgehead atoms. The number of aryl methyl sites for hydroxylation is 1. The summed E-state index contributed by atoms with van der Waals surface area (Å²) < 4.78 is 11.1. The van der Waals surface area contributed by atoms with Crippen LogP contribution in [0.15, 0.2) is 47.0 Å². The first kappa shape index (κ1) is 22.9. The summed E-state index contributed by atoms with van der Waals surface area (Å²) in [6, 6.07) is 12.8. The molecule has 2 heterocycles. The average Bonchev–Trinajstić information content (AvgIpc) is 3.15. The first-order valence-corrected chi connectivity index (χ1v) is 11.3. The Bertz CT molecular complexity index is 1110. The predicted octanol–water partition coefficient (Wildman–Crippen LogP) is 5.48. The van der Waals surface area contributed by atoms with Crippen LogP contribution in [-0.2, 0) is 13.2 Å². The minimum Gasteiger partial charge on any atom is -0.489 e. The van der Waals surface area contributed by atoms with E-state index in [1.54, 1.807) is 30.0 Å². The standard InChI is InChI=1S/C23H22Cl3N3O3/c1-15-19(14-31-18-4-2-3-17(24)12-18)22(27-32-15)23(30)29-9-7-28(8-10-29)13-16-5-6-20(25)21(26)11-16/h2-6,11-12H,7-10,13-14H2,1H3. The highest BCUT2D eigenvalue weighted by Gasteiger charge is 2.28. The van der Waals surface area contributed by atoms with Crippen LogP contribution in [0.1, 0.15) is 27.4 Å². The van der Waals surface area contributed by atoms with E-state index < -0.39 is 0 Å². The van der Waals surface area contributed by atoms with Gasteiger partial charge in [0.25, 0.3) is 5.91 Å². The van der Waals surface area contributed by atoms with E-state index in [4.69, 9.17) is 44.1 Å². The molecule has 4 rings (SSSR count). The number of amides is 1. The smallest absolute Gasteiger partial charge is 0.276 e. The van der Waals surface area contributed by atoms with Crippen LogP contribution in [0.5, 0.6) is 5.75 Å². The molecule has 1 aliphatic rings. The summed E-state index contributed by atoms with van der Waals surface area (Å²) in [6.07, 6.45) is 0. The van der Waals surface area contributed by atoms with Crippen molar-refractivity contribution in [2.45, 2.75) is 20.1 Å². The Kier molecular flexibility index (Phi) is 7.26. The molecule has 0 radical (unpaired) electrons. The summed E-state index contributed by atoms with van der Waals surface area (Å²) in [6.45, 7) is 5.39. The van der Waals surface area contributed by atoms with Gasteiger partial charge in [0.05, 0.1) is 15.6 Å². The molecule has 3 aromatic rings. The molecule has 6 nitrogen and oxygen atoms in total. The molecule has 0 aliphatic carbocycles. The van der Waals surface area contributed by atoms with Gasteiger partial charge >= 0.3 is 0 Å². The SMILES string of the molecule is Cc1onc(C(=O)N2CCN(Cc3ccc(Cl)c(Cl)c3)CC2)c1COc1cccc(Cl)c1. The molecule has 32 heavy (non-hydrogen) atoms. The molecule has 1 fully saturated rings. The third-order valence-electron chi connectivity index (χ3n) is 5.42. The predicted molar refractivity (Wildman–Crippen MR) is 125 cm³/mol. The second-order valence-electron chi connectivity index (χ2n) is 7.63. The zero-order chi connectivity index (χ0) is 22.7. The molecule has 1 aromatic heterocycles. The number of carbonyl (C=O) groups excluding carboxylic acids is 1. The van der Waals surface area contributed by atoms with Crippen LogP contribution in [0.2, 0.25) is 15.1 Å². The van der Waals surface area contributed by atoms with E-state index >= 15 is 0 Å². The highest BCUT2D eigenvalue weighted by atomic mass is 35.5. The van der Waals surface area contributed by atoms with Crippen LogP contribution in [0.3, 0.4) is 0 Å². The molecule has 0 N–H and O–H groups in total. The summed E-state index contributed by atoms with van der Waals surface area (Å²) in [4.78, 5) is 17.2. The van der Waals surface area contributed by atoms with Gasteiger partial charge in [-0.05, 0) is 42.8 Å². The molecule has 9 heteroatoms. The highest BCUT2D eigenvalue weighted by molar-refractivity contribution is 6.42. The quantitative estimate of drug-likeness (QED) is 0.454. The number of carbonyl (C=O) groups is 1. The van der Waals surface area contributed by atoms with Gasteiger partial charge in [-0.1, -0.05) is 52.1 Å². The van der Waals surface area contributed by atoms with Crippen molar-refractivity contribution in [1.29, 1.82) is 0 Å². The molecule has 1 aliphatic heterocycles. The largest absolute Gasteiger partial charge is 0.489 e. The second-order valence-corrected chi connectivity index (χ2v) is 8.88. The fourth-order valence-electron chi connectivity index (χ4n) is 3.60. The maximum Gasteiger partial charge on any atom is 0.276 e. The Labute approximate surface area is 201 Å². The van der Waals surface area contributed by atoms with E-state index in [1.807, 2.05) is 24.3 Å². The van der Waals surface area contributed by atoms with Crippen LogP contribution in [0.4, 0.5) is 0 Å². The number of hydrogen-bond donors (Lipinski definition) is 0. The van der Waals surface area contributed by atoms with Crippen LogP contribution < -0.4 is 4.74 Å². The highest BCUT2D eigenvalue weighted by Crippen LogP contribution is 2.24. The Hall–Kier alpha value is -2.25. The van der Waals surface area contributed by atoms with Gasteiger partial charge < -0.3 is 14.2 Å². The van der Waals surface area contributed by atoms with Gasteiger partial charge in [0.15, 0.2) is 5.69 Å². The van der Waals surface area contributed by atoms with Crippen molar-refractivity contribution >= 4 is 40.7 Å². The Morgan fingerprint density at radius 2 is 1.84 bits per heavy atom. The lowest BCUT2D eigenvalue weighted by Gasteiger charge is -2.34. The van der Waals surface area contributed by atoms with Crippen molar-refractivity contribution < 1.29 is 14.1 Å². The number of ether oxygens (including phenoxy) is 1. The first-order valence-electron chi connectivity index (χ1n) is 10.2. The van der Waals surface area contributed by atoms with E-state index in [0.717, 1.165) is 25.2 Å². The van der Waals surface area contributed by atoms with Crippen molar-refractivity contribution in [2.75, 3.05) is 26.2 Å². The molecular formula is C23H22Cl3N3O3. The van der Waals surface area contributed by atoms with Crippen LogP contribution in [-0.4, -0.2) is 47.0 Å². The normalized spacial score (nSPS) is 14.6. The van der Waals surface area contributed by atoms with Gasteiger partial charge in [0, 0.05) is 37.7 Å². The van der Waals surface area contributed by atoms with Crippen LogP contribution in [0.25, 0.3) is 0 Å². The zero-order valence-corrected chi connectivity index (χ0v) is 19.8. The van der Waals surface area contributed by atoms with Crippen molar-refractivity contribution in [1.82, 2.24) is 15.0 Å². The number of aromatic nitrogens is 1. The van der Waals surface area contributed by atoms with Crippen molar-refractivity contribution in [3.05, 3.63) is 80.1 Å². The molecule has 0 saturated carbocycles. The number of halogens is 3. The zero-order valence-electron chi connectivity index (χ0n) is 17.5. The second kappa shape index (κ2) is 10.1. The molecule has 0 spiro atoms. The summed E-state index contributed by atoms with van der Waals surface area (Å²) in [5.41, 5.74) is 2.03. The minimum absolute atomic E-state index is 0.152. The topological polar surface area (TPSA) is 58.8 Å². The fraction of sp³-hybridized carbons (Fsp3) is 0.304. The monoisotopic (exact) mass is 493 g/mol. The number of hydrogen-bond acceptors (Lipinski definition) is 5. The minimum atomic E-state index is -0.152. The van der Waals surface area contributed by atoms with Gasteiger partial charge in [0.1, 0.15) is 18.1 Å². The first-order chi connectivity index (χ1) is 15.4. The summed E-state index contributed by atoms with van der Waals surface area (Å²) in [5, 5.41) is 5.69. The molecule has 0 atom stereocenters. The number of nitrogens with zero attached hydrogens (tertiary/aromatic N) is 3. The van der Waals surface area contributed by atoms with Gasteiger partial charge in [-0.15, -0.1) is 0 Å². The van der Waals surface area contributed by atoms with E-state index in [9.17, 15) is 4.79 Å². The van der Waals surface area contributed by atoms with Gasteiger partial charge in [0.2, 0.25) is 0 Å². The van der Waals surface area contributed by atoms with E-state index in [0.29, 0.717) is 50.9 Å². The summed E-state index contributed by atoms with van der Waals surface area (Å²) >= 11 is 18.1. The van der Waals surface area contributed by atoms with Gasteiger partial charge in [-0.3, -0.25) is 9.69 Å². The third-order valence-corrected chi connectivity index (χ3v) is 6.39. The lowest BCUT2D eigenvalue weighted by Crippen LogP contribution is -2.48. The fourth-order valence-corrected chi connectivity index (χ4v) is 4.10.